The molecule has 0 bridgehead atoms. The molecule has 2 aromatic rings. The predicted molar refractivity (Wildman–Crippen MR) is 117 cm³/mol. The molecule has 3 rings (SSSR count). The van der Waals surface area contributed by atoms with Gasteiger partial charge >= 0.3 is 5.97 Å². The second kappa shape index (κ2) is 8.14. The van der Waals surface area contributed by atoms with E-state index in [2.05, 4.69) is 15.6 Å². The highest BCUT2D eigenvalue weighted by Crippen LogP contribution is 2.28. The number of carbonyl (C=O) groups is 1. The molecule has 1 aliphatic rings. The van der Waals surface area contributed by atoms with Crippen molar-refractivity contribution in [2.24, 2.45) is 4.99 Å². The quantitative estimate of drug-likeness (QED) is 0.571. The van der Waals surface area contributed by atoms with Gasteiger partial charge in [-0.25, -0.2) is 9.79 Å². The van der Waals surface area contributed by atoms with Gasteiger partial charge in [-0.1, -0.05) is 35.9 Å². The highest BCUT2D eigenvalue weighted by atomic mass is 16.4. The minimum absolute atomic E-state index is 0.0988. The fraction of sp³-hybridized carbons (Fsp3) is 0.174. The first-order valence-corrected chi connectivity index (χ1v) is 9.27. The minimum atomic E-state index is -1.13. The number of rotatable bonds is 5. The van der Waals surface area contributed by atoms with Crippen molar-refractivity contribution in [3.63, 3.8) is 0 Å². The number of nitrogens with one attached hydrogen (secondary N) is 3. The molecule has 2 aromatic carbocycles. The summed E-state index contributed by atoms with van der Waals surface area (Å²) in [6.07, 6.45) is 1.45. The van der Waals surface area contributed by atoms with E-state index in [0.717, 1.165) is 27.9 Å². The van der Waals surface area contributed by atoms with Gasteiger partial charge in [0, 0.05) is 23.0 Å². The van der Waals surface area contributed by atoms with Crippen molar-refractivity contribution in [2.45, 2.75) is 27.7 Å². The number of anilines is 1. The lowest BCUT2D eigenvalue weighted by molar-refractivity contribution is -0.129. The Bertz CT molecular complexity index is 1060. The van der Waals surface area contributed by atoms with Gasteiger partial charge in [0.25, 0.3) is 0 Å². The largest absolute Gasteiger partial charge is 0.477 e. The predicted octanol–water partition coefficient (Wildman–Crippen LogP) is 4.40. The first-order valence-electron chi connectivity index (χ1n) is 9.27. The standard InChI is InChI=1S/C23H24N4O2/c1-13-8-10-17(11-9-13)25-19-12-18(23(28)29)26-22(27-19)21(16(4)24)20-14(2)6-5-7-15(20)3/h5-12,24-25,27H,1-4H3,(H,28,29)/b22-21+,24-16?. The van der Waals surface area contributed by atoms with Crippen LogP contribution >= 0.6 is 0 Å². The highest BCUT2D eigenvalue weighted by Gasteiger charge is 2.22. The molecule has 0 amide bonds. The summed E-state index contributed by atoms with van der Waals surface area (Å²) in [5, 5.41) is 24.3. The zero-order valence-corrected chi connectivity index (χ0v) is 16.9. The Morgan fingerprint density at radius 3 is 2.24 bits per heavy atom. The summed E-state index contributed by atoms with van der Waals surface area (Å²) in [6.45, 7) is 7.62. The maximum atomic E-state index is 11.7. The van der Waals surface area contributed by atoms with Crippen molar-refractivity contribution in [2.75, 3.05) is 5.32 Å². The molecular formula is C23H24N4O2. The second-order valence-electron chi connectivity index (χ2n) is 7.09. The zero-order chi connectivity index (χ0) is 21.1. The summed E-state index contributed by atoms with van der Waals surface area (Å²) in [4.78, 5) is 16.0. The van der Waals surface area contributed by atoms with Crippen LogP contribution in [0, 0.1) is 26.2 Å². The molecule has 0 unspecified atom stereocenters. The lowest BCUT2D eigenvalue weighted by atomic mass is 9.92. The number of carboxylic acid groups (broad SMARTS) is 1. The van der Waals surface area contributed by atoms with Gasteiger partial charge in [-0.2, -0.15) is 0 Å². The third-order valence-corrected chi connectivity index (χ3v) is 4.66. The molecule has 0 aromatic heterocycles. The van der Waals surface area contributed by atoms with Crippen molar-refractivity contribution in [1.29, 1.82) is 5.41 Å². The Hall–Kier alpha value is -3.67. The number of benzene rings is 2. The van der Waals surface area contributed by atoms with Gasteiger partial charge in [-0.05, 0) is 56.5 Å². The van der Waals surface area contributed by atoms with E-state index in [0.29, 0.717) is 22.9 Å². The number of hydrogen-bond donors (Lipinski definition) is 4. The molecule has 6 nitrogen and oxygen atoms in total. The molecular weight excluding hydrogens is 364 g/mol. The highest BCUT2D eigenvalue weighted by molar-refractivity contribution is 6.41. The van der Waals surface area contributed by atoms with E-state index in [1.807, 2.05) is 63.2 Å². The number of aliphatic carboxylic acids is 1. The first-order chi connectivity index (χ1) is 13.8. The molecule has 6 heteroatoms. The summed E-state index contributed by atoms with van der Waals surface area (Å²) >= 11 is 0. The average Bonchev–Trinajstić information content (AvgIpc) is 2.66. The average molecular weight is 388 g/mol. The molecule has 0 fully saturated rings. The molecule has 0 aliphatic carbocycles. The van der Waals surface area contributed by atoms with Gasteiger partial charge in [0.05, 0.1) is 0 Å². The normalized spacial score (nSPS) is 15.0. The molecule has 0 radical (unpaired) electrons. The molecule has 0 atom stereocenters. The van der Waals surface area contributed by atoms with Gasteiger partial charge in [0.1, 0.15) is 11.6 Å². The van der Waals surface area contributed by atoms with Crippen LogP contribution in [0.2, 0.25) is 0 Å². The van der Waals surface area contributed by atoms with E-state index in [1.54, 1.807) is 6.92 Å². The Labute approximate surface area is 170 Å². The van der Waals surface area contributed by atoms with E-state index < -0.39 is 5.97 Å². The van der Waals surface area contributed by atoms with Gasteiger partial charge in [-0.3, -0.25) is 0 Å². The van der Waals surface area contributed by atoms with Crippen LogP contribution in [0.3, 0.4) is 0 Å². The summed E-state index contributed by atoms with van der Waals surface area (Å²) in [5.41, 5.74) is 5.61. The zero-order valence-electron chi connectivity index (χ0n) is 16.9. The summed E-state index contributed by atoms with van der Waals surface area (Å²) in [7, 11) is 0. The molecule has 0 spiro atoms. The fourth-order valence-corrected chi connectivity index (χ4v) is 3.26. The molecule has 4 N–H and O–H groups in total. The van der Waals surface area contributed by atoms with Crippen LogP contribution in [0.15, 0.2) is 65.2 Å². The van der Waals surface area contributed by atoms with Crippen LogP contribution in [0.25, 0.3) is 5.57 Å². The van der Waals surface area contributed by atoms with Gasteiger partial charge < -0.3 is 21.1 Å². The van der Waals surface area contributed by atoms with Crippen LogP contribution in [-0.2, 0) is 4.79 Å². The van der Waals surface area contributed by atoms with Crippen molar-refractivity contribution >= 4 is 28.7 Å². The van der Waals surface area contributed by atoms with Crippen molar-refractivity contribution in [3.8, 4) is 0 Å². The third-order valence-electron chi connectivity index (χ3n) is 4.66. The van der Waals surface area contributed by atoms with E-state index in [1.165, 1.54) is 6.08 Å². The summed E-state index contributed by atoms with van der Waals surface area (Å²) < 4.78 is 0. The maximum Gasteiger partial charge on any atom is 0.354 e. The van der Waals surface area contributed by atoms with E-state index in [4.69, 9.17) is 5.41 Å². The first kappa shape index (κ1) is 20.1. The Balaban J connectivity index is 2.11. The van der Waals surface area contributed by atoms with Crippen LogP contribution < -0.4 is 10.6 Å². The van der Waals surface area contributed by atoms with Crippen LogP contribution in [0.4, 0.5) is 5.69 Å². The third kappa shape index (κ3) is 4.43. The lowest BCUT2D eigenvalue weighted by Crippen LogP contribution is -2.29. The summed E-state index contributed by atoms with van der Waals surface area (Å²) in [5.74, 6) is -0.304. The SMILES string of the molecule is CC(=N)/C(=C1/N=C(C(=O)O)C=C(Nc2ccc(C)cc2)N1)c1c(C)cccc1C. The van der Waals surface area contributed by atoms with E-state index in [-0.39, 0.29) is 5.71 Å². The lowest BCUT2D eigenvalue weighted by Gasteiger charge is -2.22. The maximum absolute atomic E-state index is 11.7. The molecule has 148 valence electrons. The van der Waals surface area contributed by atoms with Crippen LogP contribution in [-0.4, -0.2) is 22.5 Å². The Morgan fingerprint density at radius 1 is 1.07 bits per heavy atom. The van der Waals surface area contributed by atoms with Crippen molar-refractivity contribution in [1.82, 2.24) is 5.32 Å². The monoisotopic (exact) mass is 388 g/mol. The second-order valence-corrected chi connectivity index (χ2v) is 7.09. The van der Waals surface area contributed by atoms with Crippen molar-refractivity contribution in [3.05, 3.63) is 82.4 Å². The number of allylic oxidation sites excluding steroid dienone is 1. The fourth-order valence-electron chi connectivity index (χ4n) is 3.26. The molecule has 0 saturated heterocycles. The molecule has 29 heavy (non-hydrogen) atoms. The Morgan fingerprint density at radius 2 is 1.69 bits per heavy atom. The van der Waals surface area contributed by atoms with Crippen molar-refractivity contribution < 1.29 is 9.90 Å². The number of aryl methyl sites for hydroxylation is 3. The van der Waals surface area contributed by atoms with Crippen LogP contribution in [0.5, 0.6) is 0 Å². The Kier molecular flexibility index (Phi) is 5.64. The number of nitrogens with zero attached hydrogens (tertiary/aromatic N) is 1. The number of hydrogen-bond acceptors (Lipinski definition) is 5. The van der Waals surface area contributed by atoms with Gasteiger partial charge in [0.15, 0.2) is 5.71 Å². The van der Waals surface area contributed by atoms with Gasteiger partial charge in [-0.15, -0.1) is 0 Å². The van der Waals surface area contributed by atoms with E-state index in [9.17, 15) is 9.90 Å². The summed E-state index contributed by atoms with van der Waals surface area (Å²) in [6, 6.07) is 13.7. The molecule has 1 aliphatic heterocycles. The van der Waals surface area contributed by atoms with Gasteiger partial charge in [0.2, 0.25) is 0 Å². The van der Waals surface area contributed by atoms with E-state index >= 15 is 0 Å². The molecule has 0 saturated carbocycles. The smallest absolute Gasteiger partial charge is 0.354 e. The topological polar surface area (TPSA) is 97.6 Å². The number of aliphatic imine (C=N–C) groups is 1. The van der Waals surface area contributed by atoms with Crippen LogP contribution in [0.1, 0.15) is 29.2 Å². The number of carboxylic acids is 1. The molecule has 1 heterocycles. The minimum Gasteiger partial charge on any atom is -0.477 e.